The molecule has 0 aliphatic heterocycles. The first-order valence-corrected chi connectivity index (χ1v) is 8.31. The summed E-state index contributed by atoms with van der Waals surface area (Å²) >= 11 is 6.01. The number of urea groups is 1. The number of carboxylic acids is 1. The van der Waals surface area contributed by atoms with Crippen molar-refractivity contribution < 1.29 is 19.2 Å². The first kappa shape index (κ1) is 17.2. The highest BCUT2D eigenvalue weighted by Crippen LogP contribution is 2.39. The zero-order valence-corrected chi connectivity index (χ0v) is 14.0. The molecule has 8 nitrogen and oxygen atoms in total. The highest BCUT2D eigenvalue weighted by atomic mass is 35.5. The number of aliphatic carboxylic acids is 1. The Labute approximate surface area is 148 Å². The lowest BCUT2D eigenvalue weighted by Gasteiger charge is -2.10. The van der Waals surface area contributed by atoms with Crippen LogP contribution in [0.25, 0.3) is 11.5 Å². The molecule has 1 saturated carbocycles. The van der Waals surface area contributed by atoms with E-state index in [1.807, 2.05) is 0 Å². The van der Waals surface area contributed by atoms with Crippen molar-refractivity contribution in [2.75, 3.05) is 11.9 Å². The van der Waals surface area contributed by atoms with Crippen LogP contribution in [-0.2, 0) is 4.79 Å². The molecular weight excluding hydrogens is 348 g/mol. The van der Waals surface area contributed by atoms with Gasteiger partial charge < -0.3 is 20.3 Å². The van der Waals surface area contributed by atoms with Gasteiger partial charge in [-0.1, -0.05) is 16.8 Å². The lowest BCUT2D eigenvalue weighted by atomic mass is 10.1. The number of anilines is 1. The van der Waals surface area contributed by atoms with E-state index < -0.39 is 12.0 Å². The number of carbonyl (C=O) groups is 2. The Bertz CT molecular complexity index is 788. The molecule has 0 bridgehead atoms. The fourth-order valence-corrected chi connectivity index (χ4v) is 2.44. The molecule has 0 spiro atoms. The summed E-state index contributed by atoms with van der Waals surface area (Å²) in [4.78, 5) is 26.8. The molecule has 2 aromatic rings. The van der Waals surface area contributed by atoms with Crippen LogP contribution in [0.3, 0.4) is 0 Å². The molecule has 3 rings (SSSR count). The number of aromatic nitrogens is 2. The van der Waals surface area contributed by atoms with Crippen molar-refractivity contribution in [3.63, 3.8) is 0 Å². The molecule has 25 heavy (non-hydrogen) atoms. The lowest BCUT2D eigenvalue weighted by Crippen LogP contribution is -2.30. The van der Waals surface area contributed by atoms with Gasteiger partial charge in [-0.15, -0.1) is 0 Å². The summed E-state index contributed by atoms with van der Waals surface area (Å²) in [6.45, 7) is 0.250. The molecule has 1 aromatic carbocycles. The molecule has 1 aliphatic carbocycles. The van der Waals surface area contributed by atoms with Crippen LogP contribution in [0.2, 0.25) is 5.02 Å². The summed E-state index contributed by atoms with van der Waals surface area (Å²) in [5, 5.41) is 18.3. The number of hydrogen-bond acceptors (Lipinski definition) is 5. The minimum atomic E-state index is -0.901. The Morgan fingerprint density at radius 1 is 1.36 bits per heavy atom. The van der Waals surface area contributed by atoms with Crippen molar-refractivity contribution in [2.24, 2.45) is 0 Å². The molecule has 3 N–H and O–H groups in total. The first-order chi connectivity index (χ1) is 12.0. The van der Waals surface area contributed by atoms with Gasteiger partial charge in [-0.05, 0) is 37.5 Å². The molecule has 9 heteroatoms. The quantitative estimate of drug-likeness (QED) is 0.649. The van der Waals surface area contributed by atoms with Crippen LogP contribution in [0.1, 0.15) is 37.4 Å². The van der Waals surface area contributed by atoms with E-state index in [2.05, 4.69) is 20.8 Å². The van der Waals surface area contributed by atoms with E-state index in [0.717, 1.165) is 12.8 Å². The Hall–Kier alpha value is -2.61. The average Bonchev–Trinajstić information content (AvgIpc) is 3.30. The largest absolute Gasteiger partial charge is 0.481 e. The predicted molar refractivity (Wildman–Crippen MR) is 90.6 cm³/mol. The van der Waals surface area contributed by atoms with Crippen molar-refractivity contribution in [3.05, 3.63) is 29.0 Å². The van der Waals surface area contributed by atoms with Crippen LogP contribution < -0.4 is 10.6 Å². The maximum absolute atomic E-state index is 12.0. The van der Waals surface area contributed by atoms with Gasteiger partial charge in [-0.2, -0.15) is 4.98 Å². The standard InChI is InChI=1S/C16H17ClN4O4/c17-10-5-6-11(15-20-14(21-25-15)9-3-4-9)12(8-10)19-16(24)18-7-1-2-13(22)23/h5-6,8-9H,1-4,7H2,(H,22,23)(H2,18,19,24). The second kappa shape index (κ2) is 7.52. The topological polar surface area (TPSA) is 117 Å². The van der Waals surface area contributed by atoms with E-state index in [1.54, 1.807) is 18.2 Å². The maximum atomic E-state index is 12.0. The predicted octanol–water partition coefficient (Wildman–Crippen LogP) is 3.25. The van der Waals surface area contributed by atoms with E-state index in [-0.39, 0.29) is 13.0 Å². The molecule has 1 fully saturated rings. The van der Waals surface area contributed by atoms with Crippen molar-refractivity contribution in [1.29, 1.82) is 0 Å². The Kier molecular flexibility index (Phi) is 5.18. The fraction of sp³-hybridized carbons (Fsp3) is 0.375. The third-order valence-corrected chi connectivity index (χ3v) is 3.93. The smallest absolute Gasteiger partial charge is 0.319 e. The number of nitrogens with zero attached hydrogens (tertiary/aromatic N) is 2. The number of rotatable bonds is 7. The van der Waals surface area contributed by atoms with Gasteiger partial charge >= 0.3 is 12.0 Å². The number of carbonyl (C=O) groups excluding carboxylic acids is 1. The molecule has 2 amide bonds. The number of halogens is 1. The highest BCUT2D eigenvalue weighted by molar-refractivity contribution is 6.31. The first-order valence-electron chi connectivity index (χ1n) is 7.93. The van der Waals surface area contributed by atoms with Crippen LogP contribution in [-0.4, -0.2) is 33.8 Å². The van der Waals surface area contributed by atoms with E-state index in [0.29, 0.717) is 40.3 Å². The second-order valence-corrected chi connectivity index (χ2v) is 6.24. The lowest BCUT2D eigenvalue weighted by molar-refractivity contribution is -0.137. The van der Waals surface area contributed by atoms with Gasteiger partial charge in [0.25, 0.3) is 5.89 Å². The van der Waals surface area contributed by atoms with E-state index >= 15 is 0 Å². The van der Waals surface area contributed by atoms with E-state index in [1.165, 1.54) is 0 Å². The molecule has 132 valence electrons. The number of carboxylic acid groups (broad SMARTS) is 1. The molecule has 0 radical (unpaired) electrons. The molecular formula is C16H17ClN4O4. The Morgan fingerprint density at radius 3 is 2.88 bits per heavy atom. The third-order valence-electron chi connectivity index (χ3n) is 3.70. The number of amides is 2. The van der Waals surface area contributed by atoms with Crippen LogP contribution in [0.5, 0.6) is 0 Å². The van der Waals surface area contributed by atoms with Gasteiger partial charge in [0.1, 0.15) is 0 Å². The van der Waals surface area contributed by atoms with Gasteiger partial charge in [-0.25, -0.2) is 4.79 Å². The summed E-state index contributed by atoms with van der Waals surface area (Å²) in [6.07, 6.45) is 2.46. The highest BCUT2D eigenvalue weighted by Gasteiger charge is 2.29. The minimum Gasteiger partial charge on any atom is -0.481 e. The second-order valence-electron chi connectivity index (χ2n) is 5.80. The van der Waals surface area contributed by atoms with Crippen molar-refractivity contribution >= 4 is 29.3 Å². The Morgan fingerprint density at radius 2 is 2.16 bits per heavy atom. The summed E-state index contributed by atoms with van der Waals surface area (Å²) in [5.74, 6) is 0.453. The molecule has 1 heterocycles. The van der Waals surface area contributed by atoms with Gasteiger partial charge in [0.2, 0.25) is 0 Å². The van der Waals surface area contributed by atoms with E-state index in [4.69, 9.17) is 21.2 Å². The summed E-state index contributed by atoms with van der Waals surface area (Å²) in [7, 11) is 0. The molecule has 1 aromatic heterocycles. The summed E-state index contributed by atoms with van der Waals surface area (Å²) < 4.78 is 5.30. The van der Waals surface area contributed by atoms with Crippen molar-refractivity contribution in [3.8, 4) is 11.5 Å². The number of hydrogen-bond donors (Lipinski definition) is 3. The third kappa shape index (κ3) is 4.69. The number of benzene rings is 1. The SMILES string of the molecule is O=C(O)CCCNC(=O)Nc1cc(Cl)ccc1-c1nc(C2CC2)no1. The minimum absolute atomic E-state index is 0.00533. The Balaban J connectivity index is 1.68. The zero-order chi connectivity index (χ0) is 17.8. The van der Waals surface area contributed by atoms with Gasteiger partial charge in [0, 0.05) is 23.9 Å². The normalized spacial score (nSPS) is 13.5. The van der Waals surface area contributed by atoms with Crippen LogP contribution in [0.15, 0.2) is 22.7 Å². The van der Waals surface area contributed by atoms with Crippen molar-refractivity contribution in [2.45, 2.75) is 31.6 Å². The van der Waals surface area contributed by atoms with Crippen LogP contribution >= 0.6 is 11.6 Å². The van der Waals surface area contributed by atoms with Gasteiger partial charge in [0.05, 0.1) is 11.3 Å². The maximum Gasteiger partial charge on any atom is 0.319 e. The van der Waals surface area contributed by atoms with Gasteiger partial charge in [0.15, 0.2) is 5.82 Å². The molecule has 0 atom stereocenters. The molecule has 1 aliphatic rings. The average molecular weight is 365 g/mol. The molecule has 0 saturated heterocycles. The van der Waals surface area contributed by atoms with Crippen molar-refractivity contribution in [1.82, 2.24) is 15.5 Å². The number of nitrogens with one attached hydrogen (secondary N) is 2. The van der Waals surface area contributed by atoms with Gasteiger partial charge in [-0.3, -0.25) is 4.79 Å². The van der Waals surface area contributed by atoms with Crippen LogP contribution in [0.4, 0.5) is 10.5 Å². The summed E-state index contributed by atoms with van der Waals surface area (Å²) in [5.41, 5.74) is 1.01. The fourth-order valence-electron chi connectivity index (χ4n) is 2.27. The zero-order valence-electron chi connectivity index (χ0n) is 13.3. The monoisotopic (exact) mass is 364 g/mol. The molecule has 0 unspecified atom stereocenters. The van der Waals surface area contributed by atoms with E-state index in [9.17, 15) is 9.59 Å². The van der Waals surface area contributed by atoms with Crippen LogP contribution in [0, 0.1) is 0 Å². The summed E-state index contributed by atoms with van der Waals surface area (Å²) in [6, 6.07) is 4.51.